The van der Waals surface area contributed by atoms with E-state index in [-0.39, 0.29) is 12.1 Å². The Morgan fingerprint density at radius 2 is 2.00 bits per heavy atom. The zero-order chi connectivity index (χ0) is 15.3. The highest BCUT2D eigenvalue weighted by Crippen LogP contribution is 2.34. The van der Waals surface area contributed by atoms with E-state index in [2.05, 4.69) is 6.92 Å². The molecule has 118 valence electrons. The highest BCUT2D eigenvalue weighted by molar-refractivity contribution is 5.68. The lowest BCUT2D eigenvalue weighted by molar-refractivity contribution is -0.0409. The molecule has 1 amide bonds. The van der Waals surface area contributed by atoms with Crippen molar-refractivity contribution in [2.45, 2.75) is 64.7 Å². The zero-order valence-corrected chi connectivity index (χ0v) is 13.5. The molecule has 0 aromatic heterocycles. The Labute approximate surface area is 122 Å². The summed E-state index contributed by atoms with van der Waals surface area (Å²) >= 11 is 0. The predicted octanol–water partition coefficient (Wildman–Crippen LogP) is 2.39. The number of ether oxygens (including phenoxy) is 2. The van der Waals surface area contributed by atoms with Gasteiger partial charge in [-0.05, 0) is 46.0 Å². The molecule has 20 heavy (non-hydrogen) atoms. The van der Waals surface area contributed by atoms with Crippen molar-refractivity contribution >= 4 is 6.09 Å². The molecule has 0 saturated heterocycles. The second kappa shape index (κ2) is 7.27. The Morgan fingerprint density at radius 3 is 2.40 bits per heavy atom. The lowest BCUT2D eigenvalue weighted by atomic mass is 9.76. The first-order chi connectivity index (χ1) is 9.32. The molecule has 1 aliphatic carbocycles. The minimum Gasteiger partial charge on any atom is -0.444 e. The highest BCUT2D eigenvalue weighted by Gasteiger charge is 2.39. The molecule has 2 N–H and O–H groups in total. The lowest BCUT2D eigenvalue weighted by Crippen LogP contribution is -2.54. The van der Waals surface area contributed by atoms with E-state index in [1.54, 1.807) is 7.11 Å². The maximum Gasteiger partial charge on any atom is 0.410 e. The van der Waals surface area contributed by atoms with Crippen LogP contribution in [0.25, 0.3) is 0 Å². The molecule has 5 nitrogen and oxygen atoms in total. The first kappa shape index (κ1) is 17.2. The Kier molecular flexibility index (Phi) is 6.27. The summed E-state index contributed by atoms with van der Waals surface area (Å²) in [5.41, 5.74) is 5.44. The minimum absolute atomic E-state index is 0.0520. The molecule has 1 atom stereocenters. The standard InChI is InChI=1S/C15H30N2O3/c1-6-7-17(14(18)20-15(2,3)4)13(10-16)11-8-12(9-11)19-5/h11-13H,6-10,16H2,1-5H3. The molecule has 0 aliphatic heterocycles. The molecule has 0 heterocycles. The number of hydrogen-bond donors (Lipinski definition) is 1. The van der Waals surface area contributed by atoms with Gasteiger partial charge in [-0.1, -0.05) is 6.92 Å². The summed E-state index contributed by atoms with van der Waals surface area (Å²) < 4.78 is 10.8. The van der Waals surface area contributed by atoms with Crippen LogP contribution in [0.2, 0.25) is 0 Å². The number of hydrogen-bond acceptors (Lipinski definition) is 4. The van der Waals surface area contributed by atoms with E-state index < -0.39 is 5.60 Å². The van der Waals surface area contributed by atoms with Crippen molar-refractivity contribution in [1.29, 1.82) is 0 Å². The molecule has 0 radical (unpaired) electrons. The summed E-state index contributed by atoms with van der Waals surface area (Å²) in [5.74, 6) is 0.420. The quantitative estimate of drug-likeness (QED) is 0.814. The van der Waals surface area contributed by atoms with Crippen molar-refractivity contribution in [3.63, 3.8) is 0 Å². The van der Waals surface area contributed by atoms with Crippen LogP contribution in [-0.4, -0.2) is 48.9 Å². The average molecular weight is 286 g/mol. The van der Waals surface area contributed by atoms with Crippen LogP contribution in [0, 0.1) is 5.92 Å². The van der Waals surface area contributed by atoms with Crippen LogP contribution in [0.5, 0.6) is 0 Å². The fraction of sp³-hybridized carbons (Fsp3) is 0.933. The van der Waals surface area contributed by atoms with Crippen molar-refractivity contribution in [3.05, 3.63) is 0 Å². The van der Waals surface area contributed by atoms with Gasteiger partial charge >= 0.3 is 6.09 Å². The molecule has 1 fully saturated rings. The van der Waals surface area contributed by atoms with Gasteiger partial charge in [-0.25, -0.2) is 4.79 Å². The third-order valence-corrected chi connectivity index (χ3v) is 3.74. The fourth-order valence-electron chi connectivity index (χ4n) is 2.64. The number of amides is 1. The fourth-order valence-corrected chi connectivity index (χ4v) is 2.64. The van der Waals surface area contributed by atoms with E-state index in [4.69, 9.17) is 15.2 Å². The molecular formula is C15H30N2O3. The monoisotopic (exact) mass is 286 g/mol. The van der Waals surface area contributed by atoms with Crippen LogP contribution >= 0.6 is 0 Å². The third-order valence-electron chi connectivity index (χ3n) is 3.74. The van der Waals surface area contributed by atoms with Crippen molar-refractivity contribution in [2.75, 3.05) is 20.2 Å². The molecule has 1 saturated carbocycles. The summed E-state index contributed by atoms with van der Waals surface area (Å²) in [7, 11) is 1.73. The average Bonchev–Trinajstić information content (AvgIpc) is 2.28. The number of methoxy groups -OCH3 is 1. The summed E-state index contributed by atoms with van der Waals surface area (Å²) in [6, 6.07) is 0.0520. The van der Waals surface area contributed by atoms with Crippen molar-refractivity contribution in [2.24, 2.45) is 11.7 Å². The molecular weight excluding hydrogens is 256 g/mol. The van der Waals surface area contributed by atoms with Crippen LogP contribution in [0.4, 0.5) is 4.79 Å². The van der Waals surface area contributed by atoms with Gasteiger partial charge in [-0.3, -0.25) is 0 Å². The van der Waals surface area contributed by atoms with Crippen LogP contribution < -0.4 is 5.73 Å². The maximum absolute atomic E-state index is 12.4. The van der Waals surface area contributed by atoms with Crippen molar-refractivity contribution in [3.8, 4) is 0 Å². The Balaban J connectivity index is 2.69. The number of nitrogens with zero attached hydrogens (tertiary/aromatic N) is 1. The normalized spacial score (nSPS) is 23.9. The minimum atomic E-state index is -0.475. The maximum atomic E-state index is 12.4. The first-order valence-electron chi connectivity index (χ1n) is 7.54. The van der Waals surface area contributed by atoms with E-state index in [1.165, 1.54) is 0 Å². The Hall–Kier alpha value is -0.810. The number of carbonyl (C=O) groups is 1. The molecule has 0 aromatic carbocycles. The summed E-state index contributed by atoms with van der Waals surface area (Å²) in [4.78, 5) is 14.2. The Bertz CT molecular complexity index is 309. The van der Waals surface area contributed by atoms with E-state index in [0.717, 1.165) is 19.3 Å². The highest BCUT2D eigenvalue weighted by atomic mass is 16.6. The number of nitrogens with two attached hydrogens (primary N) is 1. The van der Waals surface area contributed by atoms with Gasteiger partial charge in [0.05, 0.1) is 12.1 Å². The smallest absolute Gasteiger partial charge is 0.410 e. The molecule has 1 rings (SSSR count). The molecule has 5 heteroatoms. The van der Waals surface area contributed by atoms with Crippen LogP contribution in [0.15, 0.2) is 0 Å². The zero-order valence-electron chi connectivity index (χ0n) is 13.5. The van der Waals surface area contributed by atoms with Gasteiger partial charge < -0.3 is 20.1 Å². The summed E-state index contributed by atoms with van der Waals surface area (Å²) in [5, 5.41) is 0. The third kappa shape index (κ3) is 4.63. The Morgan fingerprint density at radius 1 is 1.40 bits per heavy atom. The second-order valence-electron chi connectivity index (χ2n) is 6.57. The van der Waals surface area contributed by atoms with Crippen molar-refractivity contribution in [1.82, 2.24) is 4.90 Å². The van der Waals surface area contributed by atoms with E-state index in [1.807, 2.05) is 25.7 Å². The largest absolute Gasteiger partial charge is 0.444 e. The summed E-state index contributed by atoms with van der Waals surface area (Å²) in [6.07, 6.45) is 2.91. The van der Waals surface area contributed by atoms with Gasteiger partial charge in [0, 0.05) is 20.2 Å². The number of rotatable bonds is 6. The predicted molar refractivity (Wildman–Crippen MR) is 79.6 cm³/mol. The summed E-state index contributed by atoms with van der Waals surface area (Å²) in [6.45, 7) is 8.87. The molecule has 1 unspecified atom stereocenters. The molecule has 0 bridgehead atoms. The van der Waals surface area contributed by atoms with Gasteiger partial charge in [0.15, 0.2) is 0 Å². The van der Waals surface area contributed by atoms with Gasteiger partial charge in [-0.15, -0.1) is 0 Å². The van der Waals surface area contributed by atoms with Gasteiger partial charge in [0.1, 0.15) is 5.60 Å². The van der Waals surface area contributed by atoms with Crippen molar-refractivity contribution < 1.29 is 14.3 Å². The van der Waals surface area contributed by atoms with Crippen LogP contribution in [0.3, 0.4) is 0 Å². The van der Waals surface area contributed by atoms with Gasteiger partial charge in [0.25, 0.3) is 0 Å². The van der Waals surface area contributed by atoms with E-state index >= 15 is 0 Å². The van der Waals surface area contributed by atoms with Crippen LogP contribution in [0.1, 0.15) is 47.0 Å². The van der Waals surface area contributed by atoms with E-state index in [9.17, 15) is 4.79 Å². The molecule has 0 spiro atoms. The molecule has 1 aliphatic rings. The topological polar surface area (TPSA) is 64.8 Å². The van der Waals surface area contributed by atoms with Gasteiger partial charge in [-0.2, -0.15) is 0 Å². The second-order valence-corrected chi connectivity index (χ2v) is 6.57. The SMILES string of the molecule is CCCN(C(=O)OC(C)(C)C)C(CN)C1CC(OC)C1. The lowest BCUT2D eigenvalue weighted by Gasteiger charge is -2.44. The number of carbonyl (C=O) groups excluding carboxylic acids is 1. The first-order valence-corrected chi connectivity index (χ1v) is 7.54. The van der Waals surface area contributed by atoms with Gasteiger partial charge in [0.2, 0.25) is 0 Å². The van der Waals surface area contributed by atoms with Crippen LogP contribution in [-0.2, 0) is 9.47 Å². The molecule has 0 aromatic rings. The van der Waals surface area contributed by atoms with E-state index in [0.29, 0.717) is 25.1 Å².